The molecule has 0 saturated carbocycles. The first-order valence-corrected chi connectivity index (χ1v) is 9.92. The molecule has 2 amide bonds. The molecule has 1 aliphatic carbocycles. The number of aromatic nitrogens is 1. The third-order valence-electron chi connectivity index (χ3n) is 5.82. The highest BCUT2D eigenvalue weighted by Crippen LogP contribution is 2.46. The van der Waals surface area contributed by atoms with Crippen molar-refractivity contribution in [2.75, 3.05) is 6.54 Å². The minimum atomic E-state index is -0.175. The zero-order chi connectivity index (χ0) is 19.4. The Balaban J connectivity index is 1.54. The minimum Gasteiger partial charge on any atom is -0.350 e. The highest BCUT2D eigenvalue weighted by molar-refractivity contribution is 5.92. The van der Waals surface area contributed by atoms with E-state index in [1.54, 1.807) is 18.3 Å². The molecule has 5 nitrogen and oxygen atoms in total. The number of nitrogens with one attached hydrogen (secondary N) is 1. The van der Waals surface area contributed by atoms with Crippen LogP contribution in [0.25, 0.3) is 0 Å². The number of rotatable bonds is 5. The van der Waals surface area contributed by atoms with Crippen molar-refractivity contribution in [2.45, 2.75) is 38.6 Å². The molecule has 144 valence electrons. The van der Waals surface area contributed by atoms with Crippen LogP contribution < -0.4 is 5.32 Å². The topological polar surface area (TPSA) is 62.3 Å². The third kappa shape index (κ3) is 3.70. The predicted molar refractivity (Wildman–Crippen MR) is 107 cm³/mol. The molecule has 0 spiro atoms. The summed E-state index contributed by atoms with van der Waals surface area (Å²) in [4.78, 5) is 31.3. The molecule has 0 radical (unpaired) electrons. The summed E-state index contributed by atoms with van der Waals surface area (Å²) in [6, 6.07) is 15.4. The van der Waals surface area contributed by atoms with Crippen LogP contribution in [0.1, 0.15) is 48.2 Å². The van der Waals surface area contributed by atoms with Crippen molar-refractivity contribution in [2.24, 2.45) is 5.41 Å². The maximum absolute atomic E-state index is 12.7. The van der Waals surface area contributed by atoms with Crippen molar-refractivity contribution in [1.82, 2.24) is 15.2 Å². The lowest BCUT2D eigenvalue weighted by Crippen LogP contribution is -2.50. The molecule has 2 aromatic rings. The Kier molecular flexibility index (Phi) is 5.24. The van der Waals surface area contributed by atoms with E-state index in [2.05, 4.69) is 28.5 Å². The molecule has 1 saturated heterocycles. The van der Waals surface area contributed by atoms with E-state index in [-0.39, 0.29) is 17.2 Å². The predicted octanol–water partition coefficient (Wildman–Crippen LogP) is 3.69. The zero-order valence-electron chi connectivity index (χ0n) is 15.9. The average Bonchev–Trinajstić information content (AvgIpc) is 2.76. The molecule has 5 heteroatoms. The number of piperidine rings is 1. The van der Waals surface area contributed by atoms with Gasteiger partial charge in [0.05, 0.1) is 6.54 Å². The van der Waals surface area contributed by atoms with Gasteiger partial charge in [-0.05, 0) is 43.4 Å². The number of hydrogen-bond donors (Lipinski definition) is 1. The van der Waals surface area contributed by atoms with Gasteiger partial charge in [-0.15, -0.1) is 0 Å². The van der Waals surface area contributed by atoms with Gasteiger partial charge >= 0.3 is 0 Å². The summed E-state index contributed by atoms with van der Waals surface area (Å²) in [5, 5.41) is 3.08. The Hall–Kier alpha value is -2.95. The molecule has 4 rings (SSSR count). The van der Waals surface area contributed by atoms with Gasteiger partial charge in [0, 0.05) is 30.3 Å². The first-order chi connectivity index (χ1) is 13.7. The van der Waals surface area contributed by atoms with Gasteiger partial charge in [-0.2, -0.15) is 0 Å². The van der Waals surface area contributed by atoms with Crippen LogP contribution >= 0.6 is 0 Å². The molecule has 1 aromatic heterocycles. The van der Waals surface area contributed by atoms with E-state index >= 15 is 0 Å². The van der Waals surface area contributed by atoms with Crippen LogP contribution in [0, 0.1) is 5.41 Å². The van der Waals surface area contributed by atoms with E-state index in [4.69, 9.17) is 0 Å². The number of allylic oxidation sites excluding steroid dienone is 1. The van der Waals surface area contributed by atoms with E-state index in [0.29, 0.717) is 25.2 Å². The van der Waals surface area contributed by atoms with Crippen LogP contribution in [0.2, 0.25) is 0 Å². The fraction of sp³-hybridized carbons (Fsp3) is 0.348. The molecule has 1 atom stereocenters. The number of nitrogens with zero attached hydrogens (tertiary/aromatic N) is 2. The maximum atomic E-state index is 12.7. The van der Waals surface area contributed by atoms with Crippen LogP contribution in [-0.4, -0.2) is 28.2 Å². The van der Waals surface area contributed by atoms with Crippen molar-refractivity contribution in [3.8, 4) is 0 Å². The summed E-state index contributed by atoms with van der Waals surface area (Å²) in [6.07, 6.45) is 8.17. The number of likely N-dealkylation sites (tertiary alicyclic amines) is 1. The molecular formula is C23H25N3O2. The Morgan fingerprint density at radius 2 is 1.93 bits per heavy atom. The van der Waals surface area contributed by atoms with Crippen LogP contribution in [0.15, 0.2) is 66.5 Å². The van der Waals surface area contributed by atoms with Gasteiger partial charge in [-0.3, -0.25) is 14.6 Å². The number of carbonyl (C=O) groups excluding carboxylic acids is 2. The van der Waals surface area contributed by atoms with E-state index in [1.807, 2.05) is 29.2 Å². The van der Waals surface area contributed by atoms with Crippen molar-refractivity contribution in [1.29, 1.82) is 0 Å². The second-order valence-electron chi connectivity index (χ2n) is 7.63. The quantitative estimate of drug-likeness (QED) is 0.867. The Morgan fingerprint density at radius 3 is 2.71 bits per heavy atom. The third-order valence-corrected chi connectivity index (χ3v) is 5.82. The summed E-state index contributed by atoms with van der Waals surface area (Å²) in [5.41, 5.74) is 2.45. The lowest BCUT2D eigenvalue weighted by atomic mass is 9.69. The second kappa shape index (κ2) is 7.97. The Morgan fingerprint density at radius 1 is 1.11 bits per heavy atom. The average molecular weight is 375 g/mol. The fourth-order valence-corrected chi connectivity index (χ4v) is 4.33. The van der Waals surface area contributed by atoms with Crippen molar-refractivity contribution < 1.29 is 9.59 Å². The van der Waals surface area contributed by atoms with Gasteiger partial charge in [-0.25, -0.2) is 0 Å². The summed E-state index contributed by atoms with van der Waals surface area (Å²) >= 11 is 0. The van der Waals surface area contributed by atoms with Crippen LogP contribution in [0.4, 0.5) is 0 Å². The van der Waals surface area contributed by atoms with Gasteiger partial charge in [0.25, 0.3) is 5.91 Å². The minimum absolute atomic E-state index is 0.161. The first-order valence-electron chi connectivity index (χ1n) is 9.92. The molecule has 1 fully saturated rings. The molecule has 1 aliphatic heterocycles. The molecule has 2 aliphatic rings. The number of fused-ring (bicyclic) bond motifs is 1. The van der Waals surface area contributed by atoms with E-state index in [0.717, 1.165) is 36.9 Å². The molecule has 1 aromatic carbocycles. The van der Waals surface area contributed by atoms with Crippen molar-refractivity contribution >= 4 is 11.8 Å². The standard InChI is InChI=1S/C23H25N3O2/c27-21-12-14-23(17-25-22(28)19-10-5-7-15-24-19)13-6-4-11-20(23)26(21)16-18-8-2-1-3-9-18/h1-3,5,7-11,15H,4,6,12-14,16-17H2,(H,25,28). The monoisotopic (exact) mass is 375 g/mol. The largest absolute Gasteiger partial charge is 0.350 e. The molecular weight excluding hydrogens is 350 g/mol. The van der Waals surface area contributed by atoms with E-state index < -0.39 is 0 Å². The van der Waals surface area contributed by atoms with Crippen LogP contribution in [0.3, 0.4) is 0 Å². The second-order valence-corrected chi connectivity index (χ2v) is 7.63. The van der Waals surface area contributed by atoms with Gasteiger partial charge in [0.2, 0.25) is 5.91 Å². The van der Waals surface area contributed by atoms with Crippen LogP contribution in [0.5, 0.6) is 0 Å². The number of pyridine rings is 1. The molecule has 1 unspecified atom stereocenters. The maximum Gasteiger partial charge on any atom is 0.269 e. The number of carbonyl (C=O) groups is 2. The summed E-state index contributed by atoms with van der Waals surface area (Å²) in [5.74, 6) is 0.00934. The normalized spacial score (nSPS) is 21.6. The van der Waals surface area contributed by atoms with Gasteiger partial charge in [-0.1, -0.05) is 42.5 Å². The highest BCUT2D eigenvalue weighted by Gasteiger charge is 2.44. The SMILES string of the molecule is O=C(NCC12CCCC=C1N(Cc1ccccc1)C(=O)CC2)c1ccccn1. The first kappa shape index (κ1) is 18.4. The Labute approximate surface area is 165 Å². The molecule has 28 heavy (non-hydrogen) atoms. The number of amides is 2. The van der Waals surface area contributed by atoms with Crippen molar-refractivity contribution in [3.05, 3.63) is 77.8 Å². The number of hydrogen-bond acceptors (Lipinski definition) is 3. The molecule has 1 N–H and O–H groups in total. The fourth-order valence-electron chi connectivity index (χ4n) is 4.33. The summed E-state index contributed by atoms with van der Waals surface area (Å²) in [6.45, 7) is 1.12. The lowest BCUT2D eigenvalue weighted by Gasteiger charge is -2.47. The smallest absolute Gasteiger partial charge is 0.269 e. The highest BCUT2D eigenvalue weighted by atomic mass is 16.2. The van der Waals surface area contributed by atoms with Gasteiger partial charge in [0.15, 0.2) is 0 Å². The number of benzene rings is 1. The van der Waals surface area contributed by atoms with E-state index in [9.17, 15) is 9.59 Å². The van der Waals surface area contributed by atoms with Crippen LogP contribution in [-0.2, 0) is 11.3 Å². The van der Waals surface area contributed by atoms with E-state index in [1.165, 1.54) is 0 Å². The summed E-state index contributed by atoms with van der Waals surface area (Å²) < 4.78 is 0. The van der Waals surface area contributed by atoms with Gasteiger partial charge in [0.1, 0.15) is 5.69 Å². The Bertz CT molecular complexity index is 879. The molecule has 0 bridgehead atoms. The molecule has 2 heterocycles. The van der Waals surface area contributed by atoms with Crippen molar-refractivity contribution in [3.63, 3.8) is 0 Å². The van der Waals surface area contributed by atoms with Gasteiger partial charge < -0.3 is 10.2 Å². The lowest BCUT2D eigenvalue weighted by molar-refractivity contribution is -0.134. The zero-order valence-corrected chi connectivity index (χ0v) is 15.9. The summed E-state index contributed by atoms with van der Waals surface area (Å²) in [7, 11) is 0.